The van der Waals surface area contributed by atoms with Crippen LogP contribution in [-0.4, -0.2) is 24.6 Å². The highest BCUT2D eigenvalue weighted by Gasteiger charge is 2.17. The van der Waals surface area contributed by atoms with Gasteiger partial charge >= 0.3 is 0 Å². The van der Waals surface area contributed by atoms with E-state index in [0.717, 1.165) is 28.8 Å². The lowest BCUT2D eigenvalue weighted by Gasteiger charge is -2.20. The van der Waals surface area contributed by atoms with E-state index in [4.69, 9.17) is 4.74 Å². The summed E-state index contributed by atoms with van der Waals surface area (Å²) in [5, 5.41) is 6.27. The van der Waals surface area contributed by atoms with Gasteiger partial charge in [-0.25, -0.2) is 0 Å². The van der Waals surface area contributed by atoms with Crippen LogP contribution in [0.4, 0.5) is 0 Å². The van der Waals surface area contributed by atoms with Gasteiger partial charge in [0.1, 0.15) is 5.75 Å². The number of carbonyl (C=O) groups excluding carboxylic acids is 1. The first-order chi connectivity index (χ1) is 9.85. The molecule has 0 unspecified atom stereocenters. The predicted molar refractivity (Wildman–Crippen MR) is 87.6 cm³/mol. The summed E-state index contributed by atoms with van der Waals surface area (Å²) < 4.78 is 6.77. The number of rotatable bonds is 5. The van der Waals surface area contributed by atoms with Gasteiger partial charge in [0, 0.05) is 41.5 Å². The molecule has 2 rings (SSSR count). The predicted octanol–water partition coefficient (Wildman–Crippen LogP) is 2.78. The van der Waals surface area contributed by atoms with Gasteiger partial charge in [-0.05, 0) is 38.5 Å². The molecule has 1 aromatic rings. The molecule has 0 radical (unpaired) electrons. The second-order valence-electron chi connectivity index (χ2n) is 6.38. The van der Waals surface area contributed by atoms with Crippen LogP contribution in [-0.2, 0) is 17.8 Å². The van der Waals surface area contributed by atoms with Crippen LogP contribution in [0.15, 0.2) is 16.6 Å². The minimum atomic E-state index is -0.171. The van der Waals surface area contributed by atoms with Gasteiger partial charge in [0.2, 0.25) is 5.91 Å². The Bertz CT molecular complexity index is 524. The molecule has 2 N–H and O–H groups in total. The van der Waals surface area contributed by atoms with Crippen molar-refractivity contribution in [3.8, 4) is 5.75 Å². The van der Waals surface area contributed by atoms with Gasteiger partial charge in [-0.1, -0.05) is 15.9 Å². The minimum Gasteiger partial charge on any atom is -0.493 e. The van der Waals surface area contributed by atoms with Crippen molar-refractivity contribution in [3.63, 3.8) is 0 Å². The van der Waals surface area contributed by atoms with Crippen LogP contribution in [0.25, 0.3) is 0 Å². The fourth-order valence-electron chi connectivity index (χ4n) is 2.38. The second-order valence-corrected chi connectivity index (χ2v) is 7.29. The first-order valence-electron chi connectivity index (χ1n) is 7.31. The van der Waals surface area contributed by atoms with Crippen molar-refractivity contribution in [1.82, 2.24) is 10.6 Å². The van der Waals surface area contributed by atoms with Crippen LogP contribution in [0.5, 0.6) is 5.75 Å². The number of amides is 1. The van der Waals surface area contributed by atoms with E-state index in [2.05, 4.69) is 38.7 Å². The van der Waals surface area contributed by atoms with Crippen LogP contribution < -0.4 is 15.4 Å². The van der Waals surface area contributed by atoms with Gasteiger partial charge in [0.05, 0.1) is 6.61 Å². The molecule has 1 heterocycles. The standard InChI is InChI=1S/C16H23BrN2O2/c1-16(2,3)19-14(20)4-6-18-10-12-9-13(17)8-11-5-7-21-15(11)12/h8-9,18H,4-7,10H2,1-3H3,(H,19,20). The number of hydrogen-bond donors (Lipinski definition) is 2. The molecule has 0 saturated heterocycles. The molecule has 21 heavy (non-hydrogen) atoms. The second kappa shape index (κ2) is 6.79. The van der Waals surface area contributed by atoms with Crippen LogP contribution in [0.3, 0.4) is 0 Å². The molecular formula is C16H23BrN2O2. The van der Waals surface area contributed by atoms with Crippen LogP contribution in [0.1, 0.15) is 38.3 Å². The van der Waals surface area contributed by atoms with E-state index in [1.54, 1.807) is 0 Å². The summed E-state index contributed by atoms with van der Waals surface area (Å²) in [5.74, 6) is 1.08. The number of nitrogens with one attached hydrogen (secondary N) is 2. The topological polar surface area (TPSA) is 50.4 Å². The highest BCUT2D eigenvalue weighted by atomic mass is 79.9. The molecule has 5 heteroatoms. The molecule has 116 valence electrons. The zero-order valence-electron chi connectivity index (χ0n) is 12.9. The number of carbonyl (C=O) groups is 1. The van der Waals surface area contributed by atoms with E-state index in [9.17, 15) is 4.79 Å². The number of fused-ring (bicyclic) bond motifs is 1. The summed E-state index contributed by atoms with van der Waals surface area (Å²) in [6, 6.07) is 4.19. The van der Waals surface area contributed by atoms with Crippen LogP contribution >= 0.6 is 15.9 Å². The van der Waals surface area contributed by atoms with Crippen molar-refractivity contribution in [2.45, 2.75) is 45.7 Å². The summed E-state index contributed by atoms with van der Waals surface area (Å²) in [5.41, 5.74) is 2.23. The molecule has 0 spiro atoms. The van der Waals surface area contributed by atoms with E-state index in [1.165, 1.54) is 5.56 Å². The third kappa shape index (κ3) is 5.00. The molecule has 0 fully saturated rings. The average molecular weight is 355 g/mol. The lowest BCUT2D eigenvalue weighted by molar-refractivity contribution is -0.122. The van der Waals surface area contributed by atoms with Crippen molar-refractivity contribution in [2.24, 2.45) is 0 Å². The Morgan fingerprint density at radius 1 is 1.38 bits per heavy atom. The van der Waals surface area contributed by atoms with Gasteiger partial charge in [-0.15, -0.1) is 0 Å². The summed E-state index contributed by atoms with van der Waals surface area (Å²) >= 11 is 3.53. The Kier molecular flexibility index (Phi) is 5.27. The smallest absolute Gasteiger partial charge is 0.221 e. The van der Waals surface area contributed by atoms with Gasteiger partial charge in [-0.3, -0.25) is 4.79 Å². The summed E-state index contributed by atoms with van der Waals surface area (Å²) in [4.78, 5) is 11.7. The summed E-state index contributed by atoms with van der Waals surface area (Å²) in [6.45, 7) is 8.09. The van der Waals surface area contributed by atoms with Crippen LogP contribution in [0, 0.1) is 0 Å². The first kappa shape index (κ1) is 16.3. The maximum absolute atomic E-state index is 11.7. The van der Waals surface area contributed by atoms with Crippen molar-refractivity contribution < 1.29 is 9.53 Å². The van der Waals surface area contributed by atoms with Gasteiger partial charge in [-0.2, -0.15) is 0 Å². The van der Waals surface area contributed by atoms with E-state index in [-0.39, 0.29) is 11.4 Å². The maximum atomic E-state index is 11.7. The molecule has 1 aliphatic rings. The van der Waals surface area contributed by atoms with Crippen molar-refractivity contribution in [3.05, 3.63) is 27.7 Å². The Morgan fingerprint density at radius 2 is 2.14 bits per heavy atom. The van der Waals surface area contributed by atoms with E-state index >= 15 is 0 Å². The molecule has 0 aromatic heterocycles. The van der Waals surface area contributed by atoms with Gasteiger partial charge < -0.3 is 15.4 Å². The Morgan fingerprint density at radius 3 is 2.86 bits per heavy atom. The number of halogens is 1. The van der Waals surface area contributed by atoms with E-state index in [0.29, 0.717) is 19.5 Å². The van der Waals surface area contributed by atoms with E-state index < -0.39 is 0 Å². The van der Waals surface area contributed by atoms with Crippen molar-refractivity contribution in [1.29, 1.82) is 0 Å². The molecule has 1 amide bonds. The quantitative estimate of drug-likeness (QED) is 0.799. The minimum absolute atomic E-state index is 0.0747. The monoisotopic (exact) mass is 354 g/mol. The first-order valence-corrected chi connectivity index (χ1v) is 8.10. The third-order valence-corrected chi connectivity index (χ3v) is 3.64. The number of ether oxygens (including phenoxy) is 1. The molecule has 0 aliphatic carbocycles. The molecule has 0 atom stereocenters. The molecule has 1 aromatic carbocycles. The molecule has 4 nitrogen and oxygen atoms in total. The molecule has 0 bridgehead atoms. The fraction of sp³-hybridized carbons (Fsp3) is 0.562. The Labute approximate surface area is 134 Å². The van der Waals surface area contributed by atoms with Gasteiger partial charge in [0.25, 0.3) is 0 Å². The summed E-state index contributed by atoms with van der Waals surface area (Å²) in [7, 11) is 0. The van der Waals surface area contributed by atoms with E-state index in [1.807, 2.05) is 20.8 Å². The summed E-state index contributed by atoms with van der Waals surface area (Å²) in [6.07, 6.45) is 1.45. The van der Waals surface area contributed by atoms with Crippen molar-refractivity contribution in [2.75, 3.05) is 13.2 Å². The number of hydrogen-bond acceptors (Lipinski definition) is 3. The highest BCUT2D eigenvalue weighted by molar-refractivity contribution is 9.10. The largest absolute Gasteiger partial charge is 0.493 e. The fourth-order valence-corrected chi connectivity index (χ4v) is 2.94. The average Bonchev–Trinajstić information content (AvgIpc) is 2.80. The molecular weight excluding hydrogens is 332 g/mol. The lowest BCUT2D eigenvalue weighted by Crippen LogP contribution is -2.41. The molecule has 0 saturated carbocycles. The number of benzene rings is 1. The normalized spacial score (nSPS) is 13.7. The lowest BCUT2D eigenvalue weighted by atomic mass is 10.1. The van der Waals surface area contributed by atoms with Crippen LogP contribution in [0.2, 0.25) is 0 Å². The van der Waals surface area contributed by atoms with Crippen molar-refractivity contribution >= 4 is 21.8 Å². The van der Waals surface area contributed by atoms with Gasteiger partial charge in [0.15, 0.2) is 0 Å². The molecule has 1 aliphatic heterocycles. The Hall–Kier alpha value is -1.07. The zero-order valence-corrected chi connectivity index (χ0v) is 14.5. The SMILES string of the molecule is CC(C)(C)NC(=O)CCNCc1cc(Br)cc2c1OCC2. The zero-order chi connectivity index (χ0) is 15.5. The maximum Gasteiger partial charge on any atom is 0.221 e. The Balaban J connectivity index is 1.81. The highest BCUT2D eigenvalue weighted by Crippen LogP contribution is 2.32. The third-order valence-electron chi connectivity index (χ3n) is 3.18.